The van der Waals surface area contributed by atoms with Gasteiger partial charge in [-0.1, -0.05) is 12.1 Å². The molecule has 1 aromatic carbocycles. The van der Waals surface area contributed by atoms with Crippen molar-refractivity contribution in [2.45, 2.75) is 30.2 Å². The maximum Gasteiger partial charge on any atom is 0.267 e. The molecule has 5 aromatic rings. The van der Waals surface area contributed by atoms with E-state index in [1.807, 2.05) is 13.8 Å². The Morgan fingerprint density at radius 3 is 2.58 bits per heavy atom. The second kappa shape index (κ2) is 7.56. The number of hydrogen-bond donors (Lipinski definition) is 1. The summed E-state index contributed by atoms with van der Waals surface area (Å²) in [5, 5.41) is 8.90. The zero-order valence-electron chi connectivity index (χ0n) is 17.9. The summed E-state index contributed by atoms with van der Waals surface area (Å²) in [5.41, 5.74) is 1.70. The molecule has 1 N–H and O–H groups in total. The molecule has 0 aliphatic carbocycles. The molecule has 4 aromatic heterocycles. The van der Waals surface area contributed by atoms with Crippen LogP contribution in [0.25, 0.3) is 16.7 Å². The Hall–Kier alpha value is -3.98. The molecule has 0 saturated heterocycles. The van der Waals surface area contributed by atoms with Gasteiger partial charge in [0.15, 0.2) is 0 Å². The van der Waals surface area contributed by atoms with Crippen LogP contribution in [0.5, 0.6) is 0 Å². The van der Waals surface area contributed by atoms with Gasteiger partial charge in [0.25, 0.3) is 5.56 Å². The minimum Gasteiger partial charge on any atom is -0.467 e. The van der Waals surface area contributed by atoms with Crippen molar-refractivity contribution in [3.8, 4) is 0 Å². The third-order valence-corrected chi connectivity index (χ3v) is 7.52. The molecule has 0 aliphatic heterocycles. The standard InChI is InChI=1S/C24H20N4O4S/c1-15-8-9-18(12-16(15)2)33(30,31)20-13-19-23(26-21-7-3-4-10-27(21)24(19)29)28(22(20)25)14-17-6-5-11-32-17/h3-13,25H,14H2,1-2H3. The molecule has 0 aliphatic rings. The van der Waals surface area contributed by atoms with Crippen LogP contribution in [-0.2, 0) is 16.4 Å². The van der Waals surface area contributed by atoms with E-state index >= 15 is 0 Å². The average molecular weight is 461 g/mol. The van der Waals surface area contributed by atoms with Crippen LogP contribution >= 0.6 is 0 Å². The van der Waals surface area contributed by atoms with Crippen LogP contribution < -0.4 is 11.0 Å². The van der Waals surface area contributed by atoms with Gasteiger partial charge in [-0.15, -0.1) is 0 Å². The van der Waals surface area contributed by atoms with Crippen LogP contribution in [0.1, 0.15) is 16.9 Å². The molecule has 0 fully saturated rings. The lowest BCUT2D eigenvalue weighted by Gasteiger charge is -2.14. The summed E-state index contributed by atoms with van der Waals surface area (Å²) < 4.78 is 35.4. The lowest BCUT2D eigenvalue weighted by Crippen LogP contribution is -2.30. The Morgan fingerprint density at radius 2 is 1.85 bits per heavy atom. The second-order valence-corrected chi connectivity index (χ2v) is 9.77. The molecule has 166 valence electrons. The van der Waals surface area contributed by atoms with Crippen molar-refractivity contribution in [2.24, 2.45) is 0 Å². The normalized spacial score (nSPS) is 11.9. The fraction of sp³-hybridized carbons (Fsp3) is 0.125. The number of hydrogen-bond acceptors (Lipinski definition) is 6. The van der Waals surface area contributed by atoms with Gasteiger partial charge < -0.3 is 8.98 Å². The summed E-state index contributed by atoms with van der Waals surface area (Å²) in [6.45, 7) is 3.77. The highest BCUT2D eigenvalue weighted by Gasteiger charge is 2.25. The molecule has 9 heteroatoms. The van der Waals surface area contributed by atoms with Crippen LogP contribution in [0.3, 0.4) is 0 Å². The average Bonchev–Trinajstić information content (AvgIpc) is 3.31. The van der Waals surface area contributed by atoms with E-state index in [1.165, 1.54) is 27.4 Å². The number of pyridine rings is 2. The van der Waals surface area contributed by atoms with Gasteiger partial charge in [-0.2, -0.15) is 0 Å². The second-order valence-electron chi connectivity index (χ2n) is 7.86. The fourth-order valence-electron chi connectivity index (χ4n) is 3.79. The van der Waals surface area contributed by atoms with Crippen molar-refractivity contribution >= 4 is 26.5 Å². The van der Waals surface area contributed by atoms with E-state index in [1.54, 1.807) is 48.7 Å². The highest BCUT2D eigenvalue weighted by Crippen LogP contribution is 2.23. The monoisotopic (exact) mass is 460 g/mol. The van der Waals surface area contributed by atoms with E-state index in [2.05, 4.69) is 4.98 Å². The number of furan rings is 1. The molecule has 33 heavy (non-hydrogen) atoms. The van der Waals surface area contributed by atoms with Crippen molar-refractivity contribution in [1.82, 2.24) is 14.0 Å². The van der Waals surface area contributed by atoms with Crippen LogP contribution in [0.15, 0.2) is 86.1 Å². The molecule has 0 bridgehead atoms. The van der Waals surface area contributed by atoms with Crippen molar-refractivity contribution in [3.05, 3.63) is 99.8 Å². The minimum absolute atomic E-state index is 0.0497. The number of rotatable bonds is 4. The van der Waals surface area contributed by atoms with Gasteiger partial charge in [0.05, 0.1) is 23.1 Å². The van der Waals surface area contributed by atoms with Gasteiger partial charge >= 0.3 is 0 Å². The Kier molecular flexibility index (Phi) is 4.79. The topological polar surface area (TPSA) is 110 Å². The first-order chi connectivity index (χ1) is 15.8. The van der Waals surface area contributed by atoms with Gasteiger partial charge in [-0.05, 0) is 67.4 Å². The smallest absolute Gasteiger partial charge is 0.267 e. The maximum atomic E-state index is 13.6. The van der Waals surface area contributed by atoms with E-state index in [0.29, 0.717) is 11.4 Å². The van der Waals surface area contributed by atoms with Crippen molar-refractivity contribution in [1.29, 1.82) is 5.41 Å². The van der Waals surface area contributed by atoms with E-state index in [-0.39, 0.29) is 32.9 Å². The summed E-state index contributed by atoms with van der Waals surface area (Å²) >= 11 is 0. The number of nitrogens with zero attached hydrogens (tertiary/aromatic N) is 3. The fourth-order valence-corrected chi connectivity index (χ4v) is 5.26. The first-order valence-corrected chi connectivity index (χ1v) is 11.7. The van der Waals surface area contributed by atoms with Crippen LogP contribution in [0.2, 0.25) is 0 Å². The lowest BCUT2D eigenvalue weighted by atomic mass is 10.1. The molecule has 0 radical (unpaired) electrons. The predicted octanol–water partition coefficient (Wildman–Crippen LogP) is 3.22. The van der Waals surface area contributed by atoms with Crippen molar-refractivity contribution < 1.29 is 12.8 Å². The van der Waals surface area contributed by atoms with Crippen molar-refractivity contribution in [3.63, 3.8) is 0 Å². The first kappa shape index (κ1) is 20.9. The largest absolute Gasteiger partial charge is 0.467 e. The highest BCUT2D eigenvalue weighted by atomic mass is 32.2. The molecule has 0 spiro atoms. The number of aryl methyl sites for hydroxylation is 2. The Bertz CT molecular complexity index is 1760. The first-order valence-electron chi connectivity index (χ1n) is 10.2. The van der Waals surface area contributed by atoms with Gasteiger partial charge in [0.1, 0.15) is 27.4 Å². The molecular weight excluding hydrogens is 440 g/mol. The van der Waals surface area contributed by atoms with Crippen LogP contribution in [0, 0.1) is 19.3 Å². The van der Waals surface area contributed by atoms with E-state index < -0.39 is 15.4 Å². The summed E-state index contributed by atoms with van der Waals surface area (Å²) in [6, 6.07) is 14.6. The SMILES string of the molecule is Cc1ccc(S(=O)(=O)c2cc3c(=O)n4ccccc4nc3n(Cc3ccco3)c2=N)cc1C. The zero-order chi connectivity index (χ0) is 23.3. The molecule has 0 amide bonds. The molecule has 8 nitrogen and oxygen atoms in total. The third-order valence-electron chi connectivity index (χ3n) is 5.76. The summed E-state index contributed by atoms with van der Waals surface area (Å²) in [7, 11) is -4.09. The lowest BCUT2D eigenvalue weighted by molar-refractivity contribution is 0.488. The number of nitrogens with one attached hydrogen (secondary N) is 1. The Morgan fingerprint density at radius 1 is 1.03 bits per heavy atom. The number of aromatic nitrogens is 3. The number of benzene rings is 1. The molecule has 0 atom stereocenters. The predicted molar refractivity (Wildman–Crippen MR) is 122 cm³/mol. The van der Waals surface area contributed by atoms with Gasteiger partial charge in [-0.3, -0.25) is 14.6 Å². The van der Waals surface area contributed by atoms with E-state index in [9.17, 15) is 13.2 Å². The molecular formula is C24H20N4O4S. The molecule has 5 rings (SSSR count). The Balaban J connectivity index is 1.88. The minimum atomic E-state index is -4.09. The highest BCUT2D eigenvalue weighted by molar-refractivity contribution is 7.91. The molecule has 0 unspecified atom stereocenters. The van der Waals surface area contributed by atoms with Gasteiger partial charge in [0, 0.05) is 6.20 Å². The van der Waals surface area contributed by atoms with Crippen LogP contribution in [-0.4, -0.2) is 22.4 Å². The van der Waals surface area contributed by atoms with E-state index in [4.69, 9.17) is 9.83 Å². The maximum absolute atomic E-state index is 13.6. The summed E-state index contributed by atoms with van der Waals surface area (Å²) in [6.07, 6.45) is 3.07. The molecule has 4 heterocycles. The van der Waals surface area contributed by atoms with E-state index in [0.717, 1.165) is 11.1 Å². The van der Waals surface area contributed by atoms with Crippen LogP contribution in [0.4, 0.5) is 0 Å². The van der Waals surface area contributed by atoms with Crippen molar-refractivity contribution in [2.75, 3.05) is 0 Å². The zero-order valence-corrected chi connectivity index (χ0v) is 18.8. The summed E-state index contributed by atoms with van der Waals surface area (Å²) in [4.78, 5) is 17.7. The summed E-state index contributed by atoms with van der Waals surface area (Å²) in [5.74, 6) is 0.505. The molecule has 0 saturated carbocycles. The number of sulfone groups is 1. The van der Waals surface area contributed by atoms with Gasteiger partial charge in [-0.25, -0.2) is 13.4 Å². The quantitative estimate of drug-likeness (QED) is 0.414. The third kappa shape index (κ3) is 3.37. The Labute approximate surface area is 188 Å². The van der Waals surface area contributed by atoms with Gasteiger partial charge in [0.2, 0.25) is 9.84 Å². The number of fused-ring (bicyclic) bond motifs is 2.